The minimum Gasteiger partial charge on any atom is -0.245 e. The van der Waals surface area contributed by atoms with Crippen molar-refractivity contribution in [2.24, 2.45) is 4.99 Å². The molecule has 0 fully saturated rings. The first-order valence-corrected chi connectivity index (χ1v) is 8.48. The standard InChI is InChI=1S/C19H23N4O/c1-3-8-17-18(16-9-6-5-7-10-16)21-15-23(17,13-4-2)19(24)22-12-11-20-14-22/h5-7,9-12,14-15H,3-4,8,13H2,1-2H3/q+1. The number of rotatable bonds is 5. The highest BCUT2D eigenvalue weighted by Gasteiger charge is 2.45. The monoisotopic (exact) mass is 323 g/mol. The second-order valence-corrected chi connectivity index (χ2v) is 6.00. The fourth-order valence-corrected chi connectivity index (χ4v) is 3.27. The summed E-state index contributed by atoms with van der Waals surface area (Å²) in [7, 11) is 0. The van der Waals surface area contributed by atoms with E-state index >= 15 is 0 Å². The zero-order valence-electron chi connectivity index (χ0n) is 14.2. The Morgan fingerprint density at radius 3 is 2.58 bits per heavy atom. The Balaban J connectivity index is 2.13. The van der Waals surface area contributed by atoms with Crippen molar-refractivity contribution in [3.63, 3.8) is 0 Å². The van der Waals surface area contributed by atoms with Gasteiger partial charge < -0.3 is 0 Å². The number of quaternary nitrogens is 1. The second-order valence-electron chi connectivity index (χ2n) is 6.00. The molecule has 1 atom stereocenters. The molecule has 24 heavy (non-hydrogen) atoms. The van der Waals surface area contributed by atoms with Gasteiger partial charge in [0.05, 0.1) is 6.54 Å². The van der Waals surface area contributed by atoms with E-state index in [1.807, 2.05) is 18.2 Å². The smallest absolute Gasteiger partial charge is 0.245 e. The van der Waals surface area contributed by atoms with Gasteiger partial charge in [-0.25, -0.2) is 14.3 Å². The van der Waals surface area contributed by atoms with Crippen molar-refractivity contribution >= 4 is 18.1 Å². The summed E-state index contributed by atoms with van der Waals surface area (Å²) < 4.78 is 1.72. The van der Waals surface area contributed by atoms with Crippen LogP contribution in [0.4, 0.5) is 4.79 Å². The van der Waals surface area contributed by atoms with Gasteiger partial charge in [0.25, 0.3) is 0 Å². The molecule has 5 nitrogen and oxygen atoms in total. The Kier molecular flexibility index (Phi) is 4.71. The average molecular weight is 323 g/mol. The summed E-state index contributed by atoms with van der Waals surface area (Å²) >= 11 is 0. The van der Waals surface area contributed by atoms with Gasteiger partial charge in [0.2, 0.25) is 6.34 Å². The van der Waals surface area contributed by atoms with Crippen LogP contribution in [0.5, 0.6) is 0 Å². The number of hydrogen-bond donors (Lipinski definition) is 0. The van der Waals surface area contributed by atoms with E-state index in [-0.39, 0.29) is 10.5 Å². The van der Waals surface area contributed by atoms with E-state index in [4.69, 9.17) is 0 Å². The molecule has 1 amide bonds. The highest BCUT2D eigenvalue weighted by Crippen LogP contribution is 2.36. The van der Waals surface area contributed by atoms with Gasteiger partial charge in [0.15, 0.2) is 5.70 Å². The molecule has 1 aromatic heterocycles. The number of hydrogen-bond acceptors (Lipinski definition) is 3. The minimum absolute atomic E-state index is 0.0209. The molecular formula is C19H23N4O+. The van der Waals surface area contributed by atoms with Gasteiger partial charge in [-0.2, -0.15) is 9.48 Å². The van der Waals surface area contributed by atoms with E-state index in [9.17, 15) is 4.79 Å². The van der Waals surface area contributed by atoms with Gasteiger partial charge in [0.1, 0.15) is 12.0 Å². The molecule has 0 saturated carbocycles. The van der Waals surface area contributed by atoms with Crippen LogP contribution in [0, 0.1) is 0 Å². The summed E-state index contributed by atoms with van der Waals surface area (Å²) in [5.41, 5.74) is 3.07. The highest BCUT2D eigenvalue weighted by atomic mass is 16.2. The number of aromatic nitrogens is 2. The Morgan fingerprint density at radius 1 is 1.17 bits per heavy atom. The molecule has 124 valence electrons. The molecule has 0 spiro atoms. The summed E-state index contributed by atoms with van der Waals surface area (Å²) in [4.78, 5) is 22.0. The average Bonchev–Trinajstić information content (AvgIpc) is 3.25. The summed E-state index contributed by atoms with van der Waals surface area (Å²) in [6.45, 7) is 4.93. The molecule has 5 heteroatoms. The minimum atomic E-state index is -0.0209. The Bertz CT molecular complexity index is 762. The molecule has 3 rings (SSSR count). The topological polar surface area (TPSA) is 47.2 Å². The maximum absolute atomic E-state index is 13.3. The van der Waals surface area contributed by atoms with E-state index in [1.54, 1.807) is 29.6 Å². The van der Waals surface area contributed by atoms with E-state index in [2.05, 4.69) is 36.0 Å². The van der Waals surface area contributed by atoms with Crippen molar-refractivity contribution in [2.75, 3.05) is 6.54 Å². The van der Waals surface area contributed by atoms with Gasteiger partial charge in [-0.1, -0.05) is 44.2 Å². The third-order valence-corrected chi connectivity index (χ3v) is 4.32. The summed E-state index contributed by atoms with van der Waals surface area (Å²) in [5.74, 6) is 0. The van der Waals surface area contributed by atoms with Crippen LogP contribution in [0.25, 0.3) is 5.70 Å². The fourth-order valence-electron chi connectivity index (χ4n) is 3.27. The molecule has 0 radical (unpaired) electrons. The van der Waals surface area contributed by atoms with Gasteiger partial charge in [-0.3, -0.25) is 0 Å². The van der Waals surface area contributed by atoms with E-state index in [0.717, 1.165) is 36.2 Å². The lowest BCUT2D eigenvalue weighted by atomic mass is 10.1. The molecule has 0 bridgehead atoms. The Morgan fingerprint density at radius 2 is 1.96 bits per heavy atom. The summed E-state index contributed by atoms with van der Waals surface area (Å²) in [5, 5.41) is 0. The van der Waals surface area contributed by atoms with Crippen molar-refractivity contribution in [1.82, 2.24) is 9.55 Å². The third kappa shape index (κ3) is 2.71. The SMILES string of the molecule is CCCC1=C(c2ccccc2)N=C[N+]1(CCC)C(=O)n1ccnc1. The first-order chi connectivity index (χ1) is 11.7. The van der Waals surface area contributed by atoms with Crippen LogP contribution in [0.2, 0.25) is 0 Å². The lowest BCUT2D eigenvalue weighted by molar-refractivity contribution is -0.708. The third-order valence-electron chi connectivity index (χ3n) is 4.32. The predicted octanol–water partition coefficient (Wildman–Crippen LogP) is 4.29. The zero-order valence-corrected chi connectivity index (χ0v) is 14.2. The number of carbonyl (C=O) groups excluding carboxylic acids is 1. The molecule has 0 N–H and O–H groups in total. The molecule has 2 aromatic rings. The summed E-state index contributed by atoms with van der Waals surface area (Å²) in [6, 6.07) is 10.1. The second kappa shape index (κ2) is 6.93. The number of imidazole rings is 1. The number of allylic oxidation sites excluding steroid dienone is 1. The Hall–Kier alpha value is -2.53. The van der Waals surface area contributed by atoms with Crippen LogP contribution in [0.15, 0.2) is 59.7 Å². The quantitative estimate of drug-likeness (QED) is 0.771. The van der Waals surface area contributed by atoms with Gasteiger partial charge >= 0.3 is 6.03 Å². The summed E-state index contributed by atoms with van der Waals surface area (Å²) in [6.07, 6.45) is 9.40. The van der Waals surface area contributed by atoms with Gasteiger partial charge in [0, 0.05) is 24.4 Å². The van der Waals surface area contributed by atoms with Crippen molar-refractivity contribution in [3.8, 4) is 0 Å². The first-order valence-electron chi connectivity index (χ1n) is 8.48. The number of benzene rings is 1. The van der Waals surface area contributed by atoms with Crippen LogP contribution >= 0.6 is 0 Å². The number of aliphatic imine (C=N–C) groups is 1. The largest absolute Gasteiger partial charge is 0.439 e. The maximum Gasteiger partial charge on any atom is 0.439 e. The maximum atomic E-state index is 13.3. The van der Waals surface area contributed by atoms with Gasteiger partial charge in [-0.15, -0.1) is 0 Å². The van der Waals surface area contributed by atoms with Crippen LogP contribution in [-0.4, -0.2) is 32.9 Å². The number of amides is 1. The van der Waals surface area contributed by atoms with Crippen molar-refractivity contribution in [3.05, 3.63) is 60.3 Å². The molecule has 1 aliphatic heterocycles. The molecule has 0 saturated heterocycles. The molecule has 0 aliphatic carbocycles. The molecule has 1 aliphatic rings. The van der Waals surface area contributed by atoms with E-state index < -0.39 is 0 Å². The van der Waals surface area contributed by atoms with Crippen LogP contribution in [-0.2, 0) is 0 Å². The molecule has 1 aromatic carbocycles. The van der Waals surface area contributed by atoms with E-state index in [1.165, 1.54) is 0 Å². The molecule has 2 heterocycles. The lowest BCUT2D eigenvalue weighted by Gasteiger charge is -2.29. The molecule has 1 unspecified atom stereocenters. The molecular weight excluding hydrogens is 300 g/mol. The fraction of sp³-hybridized carbons (Fsp3) is 0.316. The van der Waals surface area contributed by atoms with E-state index in [0.29, 0.717) is 6.54 Å². The van der Waals surface area contributed by atoms with Gasteiger partial charge in [-0.05, 0) is 12.8 Å². The van der Waals surface area contributed by atoms with Crippen LogP contribution in [0.3, 0.4) is 0 Å². The van der Waals surface area contributed by atoms with Crippen LogP contribution < -0.4 is 0 Å². The zero-order chi connectivity index (χ0) is 17.0. The van der Waals surface area contributed by atoms with Crippen molar-refractivity contribution < 1.29 is 9.28 Å². The Labute approximate surface area is 142 Å². The van der Waals surface area contributed by atoms with Crippen molar-refractivity contribution in [1.29, 1.82) is 0 Å². The van der Waals surface area contributed by atoms with Crippen LogP contribution in [0.1, 0.15) is 38.7 Å². The normalized spacial score (nSPS) is 19.9. The van der Waals surface area contributed by atoms with Crippen molar-refractivity contribution in [2.45, 2.75) is 33.1 Å². The highest BCUT2D eigenvalue weighted by molar-refractivity contribution is 5.87. The predicted molar refractivity (Wildman–Crippen MR) is 95.2 cm³/mol. The number of carbonyl (C=O) groups is 1. The first kappa shape index (κ1) is 16.3. The number of nitrogens with zero attached hydrogens (tertiary/aromatic N) is 4. The lowest BCUT2D eigenvalue weighted by Crippen LogP contribution is -2.51.